The Hall–Kier alpha value is -3.29. The van der Waals surface area contributed by atoms with E-state index in [-0.39, 0.29) is 23.7 Å². The van der Waals surface area contributed by atoms with Gasteiger partial charge in [0.15, 0.2) is 0 Å². The van der Waals surface area contributed by atoms with Gasteiger partial charge in [0.05, 0.1) is 20.1 Å². The van der Waals surface area contributed by atoms with Crippen LogP contribution in [0.2, 0.25) is 0 Å². The highest BCUT2D eigenvalue weighted by atomic mass is 16.5. The monoisotopic (exact) mass is 577 g/mol. The second-order valence-electron chi connectivity index (χ2n) is 13.5. The maximum absolute atomic E-state index is 12.8. The summed E-state index contributed by atoms with van der Waals surface area (Å²) in [6, 6.07) is 10.4. The Labute approximate surface area is 250 Å². The number of ether oxygens (including phenoxy) is 2. The highest BCUT2D eigenvalue weighted by molar-refractivity contribution is 5.81. The van der Waals surface area contributed by atoms with Crippen molar-refractivity contribution in [1.82, 2.24) is 9.88 Å². The number of nitrogens with zero attached hydrogens (tertiary/aromatic N) is 3. The zero-order valence-corrected chi connectivity index (χ0v) is 25.7. The van der Waals surface area contributed by atoms with E-state index in [9.17, 15) is 14.7 Å². The molecule has 1 aromatic carbocycles. The predicted molar refractivity (Wildman–Crippen MR) is 163 cm³/mol. The SMILES string of the molecule is COc1ccc(C2CCN(C(=O)C(C)(C)C)CC2)c(N2CCC(COc3cc(C(CC(=O)O)C4CC4)ccn3)CC2)c1. The number of aliphatic carboxylic acids is 1. The molecule has 2 saturated heterocycles. The summed E-state index contributed by atoms with van der Waals surface area (Å²) in [5.74, 6) is 2.32. The van der Waals surface area contributed by atoms with Crippen LogP contribution >= 0.6 is 0 Å². The van der Waals surface area contributed by atoms with Gasteiger partial charge in [-0.1, -0.05) is 26.8 Å². The van der Waals surface area contributed by atoms with E-state index in [2.05, 4.69) is 28.1 Å². The minimum atomic E-state index is -0.752. The molecular formula is C34H47N3O5. The number of anilines is 1. The Bertz CT molecular complexity index is 1240. The van der Waals surface area contributed by atoms with Crippen molar-refractivity contribution < 1.29 is 24.2 Å². The lowest BCUT2D eigenvalue weighted by atomic mass is 9.85. The van der Waals surface area contributed by atoms with Crippen molar-refractivity contribution in [2.75, 3.05) is 44.8 Å². The lowest BCUT2D eigenvalue weighted by Crippen LogP contribution is -2.44. The molecule has 0 bridgehead atoms. The molecule has 0 spiro atoms. The van der Waals surface area contributed by atoms with Crippen LogP contribution in [-0.2, 0) is 9.59 Å². The molecular weight excluding hydrogens is 530 g/mol. The minimum Gasteiger partial charge on any atom is -0.497 e. The van der Waals surface area contributed by atoms with Gasteiger partial charge in [-0.2, -0.15) is 0 Å². The van der Waals surface area contributed by atoms with Gasteiger partial charge < -0.3 is 24.4 Å². The standard InChI is InChI=1S/C34H47N3O5/c1-34(2,3)33(40)37-17-12-25(13-18-37)28-8-7-27(41-4)20-30(28)36-15-10-23(11-16-36)22-42-31-19-26(9-14-35-31)29(21-32(38)39)24-5-6-24/h7-9,14,19-20,23-25,29H,5-6,10-13,15-18,21-22H2,1-4H3,(H,38,39). The first kappa shape index (κ1) is 30.2. The summed E-state index contributed by atoms with van der Waals surface area (Å²) in [5, 5.41) is 9.37. The van der Waals surface area contributed by atoms with Crippen molar-refractivity contribution >= 4 is 17.6 Å². The van der Waals surface area contributed by atoms with Crippen molar-refractivity contribution in [2.24, 2.45) is 17.3 Å². The normalized spacial score (nSPS) is 19.4. The van der Waals surface area contributed by atoms with E-state index < -0.39 is 5.97 Å². The molecule has 1 N–H and O–H groups in total. The van der Waals surface area contributed by atoms with Crippen molar-refractivity contribution in [3.05, 3.63) is 47.7 Å². The van der Waals surface area contributed by atoms with Crippen molar-refractivity contribution in [2.45, 2.75) is 77.6 Å². The van der Waals surface area contributed by atoms with Gasteiger partial charge in [0.25, 0.3) is 0 Å². The number of piperidine rings is 2. The van der Waals surface area contributed by atoms with Crippen LogP contribution in [-0.4, -0.2) is 66.8 Å². The quantitative estimate of drug-likeness (QED) is 0.364. The molecule has 1 amide bonds. The van der Waals surface area contributed by atoms with E-state index in [1.807, 2.05) is 37.8 Å². The zero-order chi connectivity index (χ0) is 29.9. The first-order valence-corrected chi connectivity index (χ1v) is 15.6. The molecule has 0 radical (unpaired) electrons. The number of likely N-dealkylation sites (tertiary alicyclic amines) is 1. The highest BCUT2D eigenvalue weighted by Gasteiger charge is 2.35. The van der Waals surface area contributed by atoms with E-state index >= 15 is 0 Å². The fourth-order valence-electron chi connectivity index (χ4n) is 6.66. The van der Waals surface area contributed by atoms with E-state index in [0.29, 0.717) is 30.2 Å². The van der Waals surface area contributed by atoms with Gasteiger partial charge in [0.2, 0.25) is 11.8 Å². The topological polar surface area (TPSA) is 92.2 Å². The molecule has 2 aromatic rings. The third-order valence-electron chi connectivity index (χ3n) is 9.30. The molecule has 1 saturated carbocycles. The summed E-state index contributed by atoms with van der Waals surface area (Å²) in [4.78, 5) is 33.2. The summed E-state index contributed by atoms with van der Waals surface area (Å²) in [6.07, 6.45) is 8.11. The molecule has 2 aliphatic heterocycles. The number of aromatic nitrogens is 1. The van der Waals surface area contributed by atoms with Crippen LogP contribution in [0.25, 0.3) is 0 Å². The number of carboxylic acid groups (broad SMARTS) is 1. The molecule has 42 heavy (non-hydrogen) atoms. The van der Waals surface area contributed by atoms with Crippen LogP contribution in [0.1, 0.15) is 88.7 Å². The van der Waals surface area contributed by atoms with Gasteiger partial charge in [-0.25, -0.2) is 4.98 Å². The van der Waals surface area contributed by atoms with E-state index in [1.54, 1.807) is 13.3 Å². The first-order chi connectivity index (χ1) is 20.1. The van der Waals surface area contributed by atoms with Crippen LogP contribution in [0.3, 0.4) is 0 Å². The number of rotatable bonds is 10. The lowest BCUT2D eigenvalue weighted by Gasteiger charge is -2.39. The largest absolute Gasteiger partial charge is 0.497 e. The fraction of sp³-hybridized carbons (Fsp3) is 0.618. The number of methoxy groups -OCH3 is 1. The molecule has 3 fully saturated rings. The molecule has 3 heterocycles. The van der Waals surface area contributed by atoms with Gasteiger partial charge in [-0.05, 0) is 85.5 Å². The summed E-state index contributed by atoms with van der Waals surface area (Å²) >= 11 is 0. The molecule has 8 nitrogen and oxygen atoms in total. The van der Waals surface area contributed by atoms with Gasteiger partial charge >= 0.3 is 5.97 Å². The molecule has 1 aliphatic carbocycles. The molecule has 3 aliphatic rings. The third-order valence-corrected chi connectivity index (χ3v) is 9.30. The number of hydrogen-bond donors (Lipinski definition) is 1. The maximum atomic E-state index is 12.8. The summed E-state index contributed by atoms with van der Waals surface area (Å²) in [5.41, 5.74) is 3.30. The van der Waals surface area contributed by atoms with E-state index in [0.717, 1.165) is 76.0 Å². The Morgan fingerprint density at radius 2 is 1.71 bits per heavy atom. The van der Waals surface area contributed by atoms with Crippen LogP contribution < -0.4 is 14.4 Å². The van der Waals surface area contributed by atoms with Gasteiger partial charge in [-0.3, -0.25) is 9.59 Å². The highest BCUT2D eigenvalue weighted by Crippen LogP contribution is 2.45. The Balaban J connectivity index is 1.18. The van der Waals surface area contributed by atoms with Gasteiger partial charge in [0, 0.05) is 55.6 Å². The Morgan fingerprint density at radius 3 is 2.33 bits per heavy atom. The van der Waals surface area contributed by atoms with Crippen molar-refractivity contribution in [3.8, 4) is 11.6 Å². The molecule has 228 valence electrons. The number of pyridine rings is 1. The maximum Gasteiger partial charge on any atom is 0.303 e. The second kappa shape index (κ2) is 12.9. The summed E-state index contributed by atoms with van der Waals surface area (Å²) < 4.78 is 11.8. The average molecular weight is 578 g/mol. The number of hydrogen-bond acceptors (Lipinski definition) is 6. The zero-order valence-electron chi connectivity index (χ0n) is 25.7. The molecule has 1 unspecified atom stereocenters. The Morgan fingerprint density at radius 1 is 1.00 bits per heavy atom. The first-order valence-electron chi connectivity index (χ1n) is 15.6. The van der Waals surface area contributed by atoms with Crippen LogP contribution in [0.15, 0.2) is 36.5 Å². The van der Waals surface area contributed by atoms with Crippen LogP contribution in [0, 0.1) is 17.3 Å². The molecule has 5 rings (SSSR count). The van der Waals surface area contributed by atoms with Crippen molar-refractivity contribution in [1.29, 1.82) is 0 Å². The number of amides is 1. The van der Waals surface area contributed by atoms with E-state index in [1.165, 1.54) is 11.3 Å². The number of benzene rings is 1. The lowest BCUT2D eigenvalue weighted by molar-refractivity contribution is -0.140. The average Bonchev–Trinajstić information content (AvgIpc) is 3.84. The molecule has 1 atom stereocenters. The second-order valence-corrected chi connectivity index (χ2v) is 13.5. The number of carbonyl (C=O) groups is 2. The van der Waals surface area contributed by atoms with E-state index in [4.69, 9.17) is 9.47 Å². The Kier molecular flexibility index (Phi) is 9.28. The molecule has 1 aromatic heterocycles. The predicted octanol–water partition coefficient (Wildman–Crippen LogP) is 6.11. The molecule has 8 heteroatoms. The van der Waals surface area contributed by atoms with Crippen molar-refractivity contribution in [3.63, 3.8) is 0 Å². The smallest absolute Gasteiger partial charge is 0.303 e. The number of carbonyl (C=O) groups excluding carboxylic acids is 1. The van der Waals surface area contributed by atoms with Gasteiger partial charge in [-0.15, -0.1) is 0 Å². The summed E-state index contributed by atoms with van der Waals surface area (Å²) in [7, 11) is 1.72. The van der Waals surface area contributed by atoms with Crippen LogP contribution in [0.5, 0.6) is 11.6 Å². The minimum absolute atomic E-state index is 0.0411. The van der Waals surface area contributed by atoms with Gasteiger partial charge in [0.1, 0.15) is 5.75 Å². The number of carboxylic acids is 1. The summed E-state index contributed by atoms with van der Waals surface area (Å²) in [6.45, 7) is 10.1. The fourth-order valence-corrected chi connectivity index (χ4v) is 6.66. The van der Waals surface area contributed by atoms with Crippen LogP contribution in [0.4, 0.5) is 5.69 Å². The third kappa shape index (κ3) is 7.37.